The fourth-order valence-corrected chi connectivity index (χ4v) is 2.15. The average Bonchev–Trinajstić information content (AvgIpc) is 3.10. The number of aromatic nitrogens is 3. The summed E-state index contributed by atoms with van der Waals surface area (Å²) in [7, 11) is 0. The summed E-state index contributed by atoms with van der Waals surface area (Å²) in [6.45, 7) is 4.24. The van der Waals surface area contributed by atoms with Crippen LogP contribution >= 0.6 is 0 Å². The third-order valence-electron chi connectivity index (χ3n) is 3.26. The molecule has 2 aromatic heterocycles. The summed E-state index contributed by atoms with van der Waals surface area (Å²) >= 11 is 0. The molecule has 2 N–H and O–H groups in total. The Labute approximate surface area is 121 Å². The standard InChI is InChI=1S/C15H16N4O2/c1-3-13-16-7-10(21-13)8-17-15(20)14-11-6-9(2)4-5-12(11)18-19-14/h4-7H,3,8H2,1-2H3,(H,17,20)(H,18,19). The molecule has 0 atom stereocenters. The van der Waals surface area contributed by atoms with Crippen molar-refractivity contribution in [3.05, 3.63) is 47.3 Å². The highest BCUT2D eigenvalue weighted by molar-refractivity contribution is 6.04. The van der Waals surface area contributed by atoms with Gasteiger partial charge in [-0.25, -0.2) is 4.98 Å². The molecule has 0 bridgehead atoms. The van der Waals surface area contributed by atoms with Gasteiger partial charge < -0.3 is 9.73 Å². The third kappa shape index (κ3) is 2.65. The van der Waals surface area contributed by atoms with Crippen molar-refractivity contribution < 1.29 is 9.21 Å². The number of benzene rings is 1. The van der Waals surface area contributed by atoms with Crippen LogP contribution in [0.2, 0.25) is 0 Å². The first kappa shape index (κ1) is 13.4. The Morgan fingerprint density at radius 2 is 2.29 bits per heavy atom. The topological polar surface area (TPSA) is 83.8 Å². The van der Waals surface area contributed by atoms with E-state index in [2.05, 4.69) is 20.5 Å². The van der Waals surface area contributed by atoms with Crippen molar-refractivity contribution in [3.8, 4) is 0 Å². The van der Waals surface area contributed by atoms with Crippen LogP contribution in [0, 0.1) is 6.92 Å². The summed E-state index contributed by atoms with van der Waals surface area (Å²) in [4.78, 5) is 16.3. The molecule has 0 aliphatic rings. The summed E-state index contributed by atoms with van der Waals surface area (Å²) in [5.41, 5.74) is 2.32. The lowest BCUT2D eigenvalue weighted by Crippen LogP contribution is -2.23. The SMILES string of the molecule is CCc1ncc(CNC(=O)c2n[nH]c3ccc(C)cc23)o1. The van der Waals surface area contributed by atoms with E-state index in [1.165, 1.54) is 0 Å². The second-order valence-corrected chi connectivity index (χ2v) is 4.88. The minimum atomic E-state index is -0.235. The van der Waals surface area contributed by atoms with Gasteiger partial charge in [0, 0.05) is 11.8 Å². The molecule has 3 aromatic rings. The van der Waals surface area contributed by atoms with E-state index < -0.39 is 0 Å². The summed E-state index contributed by atoms with van der Waals surface area (Å²) < 4.78 is 5.45. The Morgan fingerprint density at radius 3 is 3.05 bits per heavy atom. The van der Waals surface area contributed by atoms with Gasteiger partial charge in [-0.2, -0.15) is 5.10 Å². The second-order valence-electron chi connectivity index (χ2n) is 4.88. The molecule has 1 amide bonds. The van der Waals surface area contributed by atoms with Crippen LogP contribution in [0.25, 0.3) is 10.9 Å². The molecule has 0 spiro atoms. The van der Waals surface area contributed by atoms with E-state index in [0.29, 0.717) is 23.9 Å². The van der Waals surface area contributed by atoms with Crippen molar-refractivity contribution in [1.29, 1.82) is 0 Å². The lowest BCUT2D eigenvalue weighted by Gasteiger charge is -2.01. The summed E-state index contributed by atoms with van der Waals surface area (Å²) in [5.74, 6) is 1.07. The monoisotopic (exact) mass is 284 g/mol. The minimum Gasteiger partial charge on any atom is -0.444 e. The Hall–Kier alpha value is -2.63. The Balaban J connectivity index is 1.76. The van der Waals surface area contributed by atoms with E-state index >= 15 is 0 Å². The quantitative estimate of drug-likeness (QED) is 0.770. The molecule has 2 heterocycles. The normalized spacial score (nSPS) is 11.0. The first-order chi connectivity index (χ1) is 10.2. The van der Waals surface area contributed by atoms with Crippen LogP contribution in [0.3, 0.4) is 0 Å². The van der Waals surface area contributed by atoms with E-state index in [1.807, 2.05) is 32.0 Å². The molecule has 21 heavy (non-hydrogen) atoms. The van der Waals surface area contributed by atoms with Crippen LogP contribution in [-0.4, -0.2) is 21.1 Å². The van der Waals surface area contributed by atoms with Crippen molar-refractivity contribution in [1.82, 2.24) is 20.5 Å². The van der Waals surface area contributed by atoms with Crippen LogP contribution < -0.4 is 5.32 Å². The molecule has 108 valence electrons. The number of carbonyl (C=O) groups excluding carboxylic acids is 1. The van der Waals surface area contributed by atoms with Gasteiger partial charge in [0.1, 0.15) is 5.76 Å². The molecule has 0 saturated carbocycles. The summed E-state index contributed by atoms with van der Waals surface area (Å²) in [6, 6.07) is 5.83. The number of fused-ring (bicyclic) bond motifs is 1. The van der Waals surface area contributed by atoms with Gasteiger partial charge in [-0.3, -0.25) is 9.89 Å². The number of hydrogen-bond acceptors (Lipinski definition) is 4. The number of hydrogen-bond donors (Lipinski definition) is 2. The number of aromatic amines is 1. The van der Waals surface area contributed by atoms with Crippen molar-refractivity contribution in [2.75, 3.05) is 0 Å². The van der Waals surface area contributed by atoms with E-state index in [-0.39, 0.29) is 5.91 Å². The fourth-order valence-electron chi connectivity index (χ4n) is 2.15. The first-order valence-corrected chi connectivity index (χ1v) is 6.84. The highest BCUT2D eigenvalue weighted by Gasteiger charge is 2.14. The molecule has 0 saturated heterocycles. The Kier molecular flexibility index (Phi) is 3.43. The Morgan fingerprint density at radius 1 is 1.43 bits per heavy atom. The van der Waals surface area contributed by atoms with Gasteiger partial charge >= 0.3 is 0 Å². The van der Waals surface area contributed by atoms with Crippen LogP contribution in [0.4, 0.5) is 0 Å². The molecule has 0 unspecified atom stereocenters. The lowest BCUT2D eigenvalue weighted by molar-refractivity contribution is 0.0944. The predicted octanol–water partition coefficient (Wildman–Crippen LogP) is 2.35. The molecule has 0 radical (unpaired) electrons. The predicted molar refractivity (Wildman–Crippen MR) is 77.9 cm³/mol. The van der Waals surface area contributed by atoms with E-state index in [0.717, 1.165) is 22.9 Å². The van der Waals surface area contributed by atoms with Crippen molar-refractivity contribution >= 4 is 16.8 Å². The zero-order chi connectivity index (χ0) is 14.8. The molecule has 0 aliphatic carbocycles. The fraction of sp³-hybridized carbons (Fsp3) is 0.267. The van der Waals surface area contributed by atoms with Crippen LogP contribution in [0.5, 0.6) is 0 Å². The van der Waals surface area contributed by atoms with E-state index in [9.17, 15) is 4.79 Å². The van der Waals surface area contributed by atoms with Crippen molar-refractivity contribution in [3.63, 3.8) is 0 Å². The highest BCUT2D eigenvalue weighted by Crippen LogP contribution is 2.17. The van der Waals surface area contributed by atoms with Gasteiger partial charge in [-0.1, -0.05) is 18.6 Å². The number of rotatable bonds is 4. The lowest BCUT2D eigenvalue weighted by atomic mass is 10.1. The molecule has 0 aliphatic heterocycles. The number of nitrogens with one attached hydrogen (secondary N) is 2. The van der Waals surface area contributed by atoms with Crippen LogP contribution in [0.1, 0.15) is 34.6 Å². The van der Waals surface area contributed by atoms with Gasteiger partial charge in [0.2, 0.25) is 0 Å². The molecule has 3 rings (SSSR count). The number of oxazole rings is 1. The maximum Gasteiger partial charge on any atom is 0.272 e. The van der Waals surface area contributed by atoms with Gasteiger partial charge in [0.25, 0.3) is 5.91 Å². The summed E-state index contributed by atoms with van der Waals surface area (Å²) in [6.07, 6.45) is 2.36. The molecule has 6 nitrogen and oxygen atoms in total. The van der Waals surface area contributed by atoms with Crippen LogP contribution in [0.15, 0.2) is 28.8 Å². The first-order valence-electron chi connectivity index (χ1n) is 6.84. The van der Waals surface area contributed by atoms with Crippen LogP contribution in [-0.2, 0) is 13.0 Å². The zero-order valence-corrected chi connectivity index (χ0v) is 11.9. The van der Waals surface area contributed by atoms with Crippen molar-refractivity contribution in [2.45, 2.75) is 26.8 Å². The van der Waals surface area contributed by atoms with Crippen molar-refractivity contribution in [2.24, 2.45) is 0 Å². The Bertz CT molecular complexity index is 788. The maximum absolute atomic E-state index is 12.2. The van der Waals surface area contributed by atoms with Gasteiger partial charge in [0.05, 0.1) is 18.3 Å². The zero-order valence-electron chi connectivity index (χ0n) is 11.9. The molecule has 0 fully saturated rings. The summed E-state index contributed by atoms with van der Waals surface area (Å²) in [5, 5.41) is 10.6. The van der Waals surface area contributed by atoms with E-state index in [1.54, 1.807) is 6.20 Å². The molecule has 6 heteroatoms. The average molecular weight is 284 g/mol. The number of nitrogens with zero attached hydrogens (tertiary/aromatic N) is 2. The van der Waals surface area contributed by atoms with Gasteiger partial charge in [-0.05, 0) is 19.1 Å². The molecular weight excluding hydrogens is 268 g/mol. The largest absolute Gasteiger partial charge is 0.444 e. The number of H-pyrrole nitrogens is 1. The highest BCUT2D eigenvalue weighted by atomic mass is 16.4. The number of amides is 1. The maximum atomic E-state index is 12.2. The third-order valence-corrected chi connectivity index (χ3v) is 3.26. The second kappa shape index (κ2) is 5.40. The van der Waals surface area contributed by atoms with Gasteiger partial charge in [-0.15, -0.1) is 0 Å². The minimum absolute atomic E-state index is 0.235. The molecular formula is C15H16N4O2. The number of aryl methyl sites for hydroxylation is 2. The van der Waals surface area contributed by atoms with Gasteiger partial charge in [0.15, 0.2) is 11.6 Å². The smallest absolute Gasteiger partial charge is 0.272 e. The number of carbonyl (C=O) groups is 1. The molecule has 1 aromatic carbocycles. The van der Waals surface area contributed by atoms with E-state index in [4.69, 9.17) is 4.42 Å².